The second-order valence-electron chi connectivity index (χ2n) is 2.45. The first kappa shape index (κ1) is 12.5. The molecule has 0 bridgehead atoms. The number of alkyl halides is 7. The van der Waals surface area contributed by atoms with Crippen molar-refractivity contribution in [2.45, 2.75) is 37.8 Å². The number of hydrogen-bond acceptors (Lipinski definition) is 0. The van der Waals surface area contributed by atoms with Crippen LogP contribution in [0.4, 0.5) is 30.7 Å². The second-order valence-corrected chi connectivity index (χ2v) is 2.45. The molecule has 80 valence electrons. The van der Waals surface area contributed by atoms with E-state index in [9.17, 15) is 30.7 Å². The minimum atomic E-state index is -5.73. The van der Waals surface area contributed by atoms with E-state index in [1.54, 1.807) is 0 Å². The smallest absolute Gasteiger partial charge is 0.241 e. The fraction of sp³-hybridized carbons (Fsp3) is 1.00. The number of hydrogen-bond donors (Lipinski definition) is 0. The molecule has 0 heterocycles. The maximum atomic E-state index is 12.2. The molecule has 0 aromatic rings. The van der Waals surface area contributed by atoms with Crippen molar-refractivity contribution >= 4 is 0 Å². The Morgan fingerprint density at radius 2 is 1.38 bits per heavy atom. The summed E-state index contributed by atoms with van der Waals surface area (Å²) < 4.78 is 82.9. The third kappa shape index (κ3) is 2.73. The predicted molar refractivity (Wildman–Crippen MR) is 31.1 cm³/mol. The zero-order valence-electron chi connectivity index (χ0n) is 6.51. The van der Waals surface area contributed by atoms with Crippen molar-refractivity contribution in [1.29, 1.82) is 0 Å². The summed E-state index contributed by atoms with van der Waals surface area (Å²) in [5, 5.41) is 0. The molecule has 0 aliphatic carbocycles. The monoisotopic (exact) mass is 212 g/mol. The molecule has 0 aromatic heterocycles. The average Bonchev–Trinajstić information content (AvgIpc) is 1.99. The Morgan fingerprint density at radius 3 is 1.62 bits per heavy atom. The first-order chi connectivity index (χ1) is 5.64. The van der Waals surface area contributed by atoms with E-state index in [0.29, 0.717) is 0 Å². The molecule has 0 nitrogen and oxygen atoms in total. The van der Waals surface area contributed by atoms with Crippen LogP contribution in [-0.2, 0) is 0 Å². The van der Waals surface area contributed by atoms with Crippen LogP contribution in [0.5, 0.6) is 0 Å². The highest BCUT2D eigenvalue weighted by Crippen LogP contribution is 2.38. The Kier molecular flexibility index (Phi) is 3.57. The van der Waals surface area contributed by atoms with Gasteiger partial charge in [-0.15, -0.1) is 0 Å². The summed E-state index contributed by atoms with van der Waals surface area (Å²) in [6.07, 6.45) is -14.2. The summed E-state index contributed by atoms with van der Waals surface area (Å²) >= 11 is 0. The number of halogens is 7. The van der Waals surface area contributed by atoms with Crippen molar-refractivity contribution in [2.75, 3.05) is 0 Å². The van der Waals surface area contributed by atoms with Crippen LogP contribution in [0.25, 0.3) is 0 Å². The molecule has 0 radical (unpaired) electrons. The van der Waals surface area contributed by atoms with Crippen LogP contribution in [0.15, 0.2) is 0 Å². The topological polar surface area (TPSA) is 0 Å². The summed E-state index contributed by atoms with van der Waals surface area (Å²) in [7, 11) is 0. The van der Waals surface area contributed by atoms with Gasteiger partial charge in [-0.3, -0.25) is 0 Å². The van der Waals surface area contributed by atoms with E-state index in [2.05, 4.69) is 0 Å². The fourth-order valence-electron chi connectivity index (χ4n) is 0.649. The quantitative estimate of drug-likeness (QED) is 0.630. The Labute approximate surface area is 69.7 Å². The van der Waals surface area contributed by atoms with Gasteiger partial charge in [0.2, 0.25) is 0 Å². The van der Waals surface area contributed by atoms with Gasteiger partial charge in [-0.25, -0.2) is 8.78 Å². The molecule has 7 heteroatoms. The molecule has 13 heavy (non-hydrogen) atoms. The van der Waals surface area contributed by atoms with E-state index >= 15 is 0 Å². The minimum absolute atomic E-state index is 0.872. The van der Waals surface area contributed by atoms with Gasteiger partial charge in [-0.2, -0.15) is 22.0 Å². The molecule has 0 aromatic carbocycles. The molecule has 2 atom stereocenters. The minimum Gasteiger partial charge on any atom is -0.241 e. The zero-order valence-corrected chi connectivity index (χ0v) is 6.51. The lowest BCUT2D eigenvalue weighted by molar-refractivity contribution is -0.259. The second kappa shape index (κ2) is 3.71. The first-order valence-corrected chi connectivity index (χ1v) is 3.36. The lowest BCUT2D eigenvalue weighted by atomic mass is 10.1. The van der Waals surface area contributed by atoms with Crippen molar-refractivity contribution in [2.24, 2.45) is 0 Å². The van der Waals surface area contributed by atoms with Crippen molar-refractivity contribution in [3.05, 3.63) is 0 Å². The van der Waals surface area contributed by atoms with Crippen molar-refractivity contribution in [3.8, 4) is 0 Å². The Bertz CT molecular complexity index is 161. The summed E-state index contributed by atoms with van der Waals surface area (Å²) in [6.45, 7) is 0.904. The van der Waals surface area contributed by atoms with Gasteiger partial charge in [0, 0.05) is 0 Å². The van der Waals surface area contributed by atoms with Crippen LogP contribution >= 0.6 is 0 Å². The third-order valence-corrected chi connectivity index (χ3v) is 1.40. The van der Waals surface area contributed by atoms with Crippen LogP contribution in [0.1, 0.15) is 13.3 Å². The molecule has 0 amide bonds. The molecule has 0 aliphatic heterocycles. The van der Waals surface area contributed by atoms with Gasteiger partial charge in [0.15, 0.2) is 6.17 Å². The van der Waals surface area contributed by atoms with Gasteiger partial charge in [-0.05, 0) is 6.42 Å². The summed E-state index contributed by atoms with van der Waals surface area (Å²) in [4.78, 5) is 0. The Balaban J connectivity index is 4.63. The van der Waals surface area contributed by atoms with Crippen molar-refractivity contribution in [3.63, 3.8) is 0 Å². The predicted octanol–water partition coefficient (Wildman–Crippen LogP) is 3.27. The molecule has 0 N–H and O–H groups in total. The average molecular weight is 212 g/mol. The van der Waals surface area contributed by atoms with Gasteiger partial charge in [0.05, 0.1) is 0 Å². The first-order valence-electron chi connectivity index (χ1n) is 3.36. The summed E-state index contributed by atoms with van der Waals surface area (Å²) in [6, 6.07) is 0. The molecule has 0 fully saturated rings. The van der Waals surface area contributed by atoms with E-state index in [0.717, 1.165) is 6.92 Å². The van der Waals surface area contributed by atoms with E-state index in [1.807, 2.05) is 0 Å². The van der Waals surface area contributed by atoms with Gasteiger partial charge in [-0.1, -0.05) is 6.92 Å². The lowest BCUT2D eigenvalue weighted by Gasteiger charge is -2.24. The van der Waals surface area contributed by atoms with Crippen LogP contribution in [0, 0.1) is 0 Å². The normalized spacial score (nSPS) is 18.5. The molecule has 0 aliphatic rings. The van der Waals surface area contributed by atoms with E-state index in [1.165, 1.54) is 0 Å². The van der Waals surface area contributed by atoms with Gasteiger partial charge in [0.1, 0.15) is 0 Å². The van der Waals surface area contributed by atoms with E-state index < -0.39 is 30.9 Å². The summed E-state index contributed by atoms with van der Waals surface area (Å²) in [5.41, 5.74) is 0. The molecular weight excluding hydrogens is 205 g/mol. The zero-order chi connectivity index (χ0) is 10.9. The lowest BCUT2D eigenvalue weighted by Crippen LogP contribution is -2.47. The maximum Gasteiger partial charge on any atom is 0.425 e. The highest BCUT2D eigenvalue weighted by Gasteiger charge is 2.60. The maximum absolute atomic E-state index is 12.2. The Morgan fingerprint density at radius 1 is 1.00 bits per heavy atom. The van der Waals surface area contributed by atoms with Crippen LogP contribution in [-0.4, -0.2) is 24.4 Å². The number of rotatable bonds is 3. The highest BCUT2D eigenvalue weighted by molar-refractivity contribution is 4.88. The van der Waals surface area contributed by atoms with Crippen molar-refractivity contribution < 1.29 is 30.7 Å². The van der Waals surface area contributed by atoms with E-state index in [-0.39, 0.29) is 0 Å². The standard InChI is InChI=1S/C6H7F7/c1-2-3(7)5(9,10)4(8)6(11,12)13/h3-4H,2H2,1H3/t3?,4-/m0/s1. The molecule has 0 saturated carbocycles. The largest absolute Gasteiger partial charge is 0.425 e. The molecule has 0 spiro atoms. The van der Waals surface area contributed by atoms with Crippen LogP contribution < -0.4 is 0 Å². The highest BCUT2D eigenvalue weighted by atomic mass is 19.4. The van der Waals surface area contributed by atoms with Gasteiger partial charge >= 0.3 is 12.1 Å². The van der Waals surface area contributed by atoms with Crippen molar-refractivity contribution in [1.82, 2.24) is 0 Å². The SMILES string of the molecule is CCC(F)C(F)(F)[C@H](F)C(F)(F)F. The van der Waals surface area contributed by atoms with Crippen LogP contribution in [0.3, 0.4) is 0 Å². The summed E-state index contributed by atoms with van der Waals surface area (Å²) in [5.74, 6) is -5.01. The molecule has 1 unspecified atom stereocenters. The Hall–Kier alpha value is -0.490. The molecule has 0 rings (SSSR count). The fourth-order valence-corrected chi connectivity index (χ4v) is 0.649. The van der Waals surface area contributed by atoms with Gasteiger partial charge in [0.25, 0.3) is 6.17 Å². The third-order valence-electron chi connectivity index (χ3n) is 1.40. The van der Waals surface area contributed by atoms with Gasteiger partial charge < -0.3 is 0 Å². The molecule has 0 saturated heterocycles. The van der Waals surface area contributed by atoms with E-state index in [4.69, 9.17) is 0 Å². The molecular formula is C6H7F7. The van der Waals surface area contributed by atoms with Crippen LogP contribution in [0.2, 0.25) is 0 Å².